The predicted octanol–water partition coefficient (Wildman–Crippen LogP) is 2.22. The van der Waals surface area contributed by atoms with E-state index in [0.29, 0.717) is 18.0 Å². The van der Waals surface area contributed by atoms with Crippen molar-refractivity contribution in [3.05, 3.63) is 18.0 Å². The first-order valence-corrected chi connectivity index (χ1v) is 6.35. The van der Waals surface area contributed by atoms with Crippen LogP contribution >= 0.6 is 0 Å². The van der Waals surface area contributed by atoms with E-state index in [4.69, 9.17) is 4.74 Å². The Balaban J connectivity index is 2.59. The first kappa shape index (κ1) is 14.2. The largest absolute Gasteiger partial charge is 0.383 e. The van der Waals surface area contributed by atoms with E-state index in [0.717, 1.165) is 13.2 Å². The number of hydrogen-bond donors (Lipinski definition) is 1. The molecule has 0 fully saturated rings. The zero-order chi connectivity index (χ0) is 12.8. The normalized spacial score (nSPS) is 15.2. The number of methoxy groups -OCH3 is 1. The van der Waals surface area contributed by atoms with Gasteiger partial charge in [0.25, 0.3) is 0 Å². The van der Waals surface area contributed by atoms with Gasteiger partial charge in [-0.3, -0.25) is 4.68 Å². The molecule has 4 nitrogen and oxygen atoms in total. The molecule has 0 bridgehead atoms. The summed E-state index contributed by atoms with van der Waals surface area (Å²) in [7, 11) is 1.75. The first-order valence-electron chi connectivity index (χ1n) is 6.35. The van der Waals surface area contributed by atoms with Crippen LogP contribution in [-0.4, -0.2) is 29.5 Å². The molecule has 98 valence electrons. The molecule has 4 heteroatoms. The highest BCUT2D eigenvalue weighted by molar-refractivity contribution is 5.09. The molecule has 2 atom stereocenters. The summed E-state index contributed by atoms with van der Waals surface area (Å²) in [6.45, 7) is 10.3. The average molecular weight is 239 g/mol. The molecule has 0 aliphatic rings. The molecule has 1 rings (SSSR count). The third kappa shape index (κ3) is 4.13. The highest BCUT2D eigenvalue weighted by atomic mass is 16.5. The van der Waals surface area contributed by atoms with Crippen molar-refractivity contribution in [3.63, 3.8) is 0 Å². The van der Waals surface area contributed by atoms with Gasteiger partial charge in [-0.2, -0.15) is 5.10 Å². The van der Waals surface area contributed by atoms with E-state index < -0.39 is 0 Å². The monoisotopic (exact) mass is 239 g/mol. The van der Waals surface area contributed by atoms with Gasteiger partial charge in [0.15, 0.2) is 0 Å². The molecule has 0 saturated heterocycles. The van der Waals surface area contributed by atoms with Crippen LogP contribution in [0.4, 0.5) is 0 Å². The Bertz CT molecular complexity index is 322. The molecule has 17 heavy (non-hydrogen) atoms. The zero-order valence-corrected chi connectivity index (χ0v) is 11.6. The molecule has 0 aromatic carbocycles. The van der Waals surface area contributed by atoms with E-state index >= 15 is 0 Å². The third-order valence-electron chi connectivity index (χ3n) is 3.09. The number of hydrogen-bond acceptors (Lipinski definition) is 3. The smallest absolute Gasteiger partial charge is 0.0618 e. The quantitative estimate of drug-likeness (QED) is 0.793. The fourth-order valence-electron chi connectivity index (χ4n) is 1.81. The number of nitrogens with one attached hydrogen (secondary N) is 1. The Kier molecular flexibility index (Phi) is 5.65. The van der Waals surface area contributed by atoms with Crippen molar-refractivity contribution in [1.29, 1.82) is 0 Å². The highest BCUT2D eigenvalue weighted by Crippen LogP contribution is 2.14. The highest BCUT2D eigenvalue weighted by Gasteiger charge is 2.17. The molecular weight excluding hydrogens is 214 g/mol. The van der Waals surface area contributed by atoms with Gasteiger partial charge in [-0.25, -0.2) is 0 Å². The minimum atomic E-state index is 0.304. The van der Waals surface area contributed by atoms with Crippen LogP contribution in [0, 0.1) is 5.92 Å². The molecule has 0 aliphatic carbocycles. The maximum absolute atomic E-state index is 5.25. The summed E-state index contributed by atoms with van der Waals surface area (Å²) in [5.74, 6) is 0.554. The molecule has 1 heterocycles. The molecule has 0 saturated carbocycles. The molecule has 1 aromatic heterocycles. The summed E-state index contributed by atoms with van der Waals surface area (Å²) >= 11 is 0. The molecule has 0 aliphatic heterocycles. The minimum Gasteiger partial charge on any atom is -0.383 e. The van der Waals surface area contributed by atoms with Crippen molar-refractivity contribution in [2.24, 2.45) is 5.92 Å². The van der Waals surface area contributed by atoms with Crippen molar-refractivity contribution in [3.8, 4) is 0 Å². The van der Waals surface area contributed by atoms with Gasteiger partial charge >= 0.3 is 0 Å². The predicted molar refractivity (Wildman–Crippen MR) is 70.0 cm³/mol. The summed E-state index contributed by atoms with van der Waals surface area (Å²) in [5, 5.41) is 7.89. The summed E-state index contributed by atoms with van der Waals surface area (Å²) in [6, 6.07) is 0.679. The number of aryl methyl sites for hydroxylation is 1. The molecule has 2 unspecified atom stereocenters. The Morgan fingerprint density at radius 2 is 2.12 bits per heavy atom. The summed E-state index contributed by atoms with van der Waals surface area (Å²) in [6.07, 6.45) is 4.03. The van der Waals surface area contributed by atoms with Gasteiger partial charge in [-0.1, -0.05) is 13.8 Å². The molecular formula is C13H25N3O. The van der Waals surface area contributed by atoms with E-state index in [-0.39, 0.29) is 0 Å². The van der Waals surface area contributed by atoms with Crippen LogP contribution in [0.3, 0.4) is 0 Å². The summed E-state index contributed by atoms with van der Waals surface area (Å²) < 4.78 is 7.20. The van der Waals surface area contributed by atoms with E-state index in [1.54, 1.807) is 7.11 Å². The third-order valence-corrected chi connectivity index (χ3v) is 3.09. The molecule has 0 amide bonds. The zero-order valence-electron chi connectivity index (χ0n) is 11.6. The summed E-state index contributed by atoms with van der Waals surface area (Å²) in [5.41, 5.74) is 1.23. The Morgan fingerprint density at radius 3 is 2.59 bits per heavy atom. The van der Waals surface area contributed by atoms with Gasteiger partial charge in [-0.15, -0.1) is 0 Å². The molecule has 0 spiro atoms. The van der Waals surface area contributed by atoms with Crippen molar-refractivity contribution in [2.45, 2.75) is 46.3 Å². The standard InChI is InChI=1S/C13H25N3O/c1-6-16-8-12(7-14-16)11(4)15-13(9-17-5)10(2)3/h7-8,10-11,13,15H,6,9H2,1-5H3. The SMILES string of the molecule is CCn1cc(C(C)NC(COC)C(C)C)cn1. The molecule has 1 N–H and O–H groups in total. The maximum atomic E-state index is 5.25. The van der Waals surface area contributed by atoms with E-state index in [1.807, 2.05) is 10.9 Å². The lowest BCUT2D eigenvalue weighted by Gasteiger charge is -2.25. The Hall–Kier alpha value is -0.870. The van der Waals surface area contributed by atoms with Crippen LogP contribution in [0.25, 0.3) is 0 Å². The second kappa shape index (κ2) is 6.77. The lowest BCUT2D eigenvalue weighted by atomic mass is 10.0. The lowest BCUT2D eigenvalue weighted by molar-refractivity contribution is 0.141. The van der Waals surface area contributed by atoms with Crippen molar-refractivity contribution in [1.82, 2.24) is 15.1 Å². The average Bonchev–Trinajstić information content (AvgIpc) is 2.76. The van der Waals surface area contributed by atoms with Crippen LogP contribution in [0.15, 0.2) is 12.4 Å². The van der Waals surface area contributed by atoms with Gasteiger partial charge in [0.2, 0.25) is 0 Å². The first-order chi connectivity index (χ1) is 8.08. The van der Waals surface area contributed by atoms with E-state index in [9.17, 15) is 0 Å². The van der Waals surface area contributed by atoms with Gasteiger partial charge in [0.1, 0.15) is 0 Å². The fourth-order valence-corrected chi connectivity index (χ4v) is 1.81. The maximum Gasteiger partial charge on any atom is 0.0618 e. The number of rotatable bonds is 7. The topological polar surface area (TPSA) is 39.1 Å². The van der Waals surface area contributed by atoms with Crippen LogP contribution in [0.2, 0.25) is 0 Å². The van der Waals surface area contributed by atoms with Crippen LogP contribution in [-0.2, 0) is 11.3 Å². The van der Waals surface area contributed by atoms with Crippen molar-refractivity contribution < 1.29 is 4.74 Å². The van der Waals surface area contributed by atoms with Crippen LogP contribution < -0.4 is 5.32 Å². The van der Waals surface area contributed by atoms with Gasteiger partial charge < -0.3 is 10.1 Å². The molecule has 1 aromatic rings. The second-order valence-electron chi connectivity index (χ2n) is 4.82. The Morgan fingerprint density at radius 1 is 1.41 bits per heavy atom. The van der Waals surface area contributed by atoms with E-state index in [1.165, 1.54) is 5.56 Å². The second-order valence-corrected chi connectivity index (χ2v) is 4.82. The van der Waals surface area contributed by atoms with Gasteiger partial charge in [-0.05, 0) is 19.8 Å². The van der Waals surface area contributed by atoms with Crippen LogP contribution in [0.5, 0.6) is 0 Å². The fraction of sp³-hybridized carbons (Fsp3) is 0.769. The summed E-state index contributed by atoms with van der Waals surface area (Å²) in [4.78, 5) is 0. The minimum absolute atomic E-state index is 0.304. The van der Waals surface area contributed by atoms with E-state index in [2.05, 4.69) is 44.3 Å². The number of nitrogens with zero attached hydrogens (tertiary/aromatic N) is 2. The number of aromatic nitrogens is 2. The van der Waals surface area contributed by atoms with Crippen molar-refractivity contribution in [2.75, 3.05) is 13.7 Å². The Labute approximate surface area is 104 Å². The van der Waals surface area contributed by atoms with Crippen LogP contribution in [0.1, 0.15) is 39.3 Å². The van der Waals surface area contributed by atoms with Gasteiger partial charge in [0.05, 0.1) is 12.8 Å². The van der Waals surface area contributed by atoms with Gasteiger partial charge in [0, 0.05) is 37.5 Å². The lowest BCUT2D eigenvalue weighted by Crippen LogP contribution is -2.39. The molecule has 0 radical (unpaired) electrons. The van der Waals surface area contributed by atoms with Crippen molar-refractivity contribution >= 4 is 0 Å². The number of ether oxygens (including phenoxy) is 1.